The SMILES string of the molecule is CC1CCCC(C)N1CCOc1ccc(C#Cc2ccc(-c3ccc(Cl)cc3)cn2)cc1/C=N/O. The van der Waals surface area contributed by atoms with Gasteiger partial charge in [-0.2, -0.15) is 0 Å². The number of halogens is 1. The third-order valence-electron chi connectivity index (χ3n) is 6.47. The Kier molecular flexibility index (Phi) is 8.41. The van der Waals surface area contributed by atoms with E-state index in [0.29, 0.717) is 40.7 Å². The fourth-order valence-electron chi connectivity index (χ4n) is 4.51. The minimum atomic E-state index is 0.576. The molecule has 1 aliphatic rings. The third kappa shape index (κ3) is 6.63. The van der Waals surface area contributed by atoms with E-state index < -0.39 is 0 Å². The zero-order valence-corrected chi connectivity index (χ0v) is 20.9. The van der Waals surface area contributed by atoms with E-state index in [4.69, 9.17) is 21.5 Å². The lowest BCUT2D eigenvalue weighted by Crippen LogP contribution is -2.45. The summed E-state index contributed by atoms with van der Waals surface area (Å²) in [7, 11) is 0. The van der Waals surface area contributed by atoms with E-state index in [1.54, 1.807) is 6.20 Å². The predicted molar refractivity (Wildman–Crippen MR) is 141 cm³/mol. The Balaban J connectivity index is 1.42. The highest BCUT2D eigenvalue weighted by Gasteiger charge is 2.24. The summed E-state index contributed by atoms with van der Waals surface area (Å²) in [6, 6.07) is 18.3. The second-order valence-corrected chi connectivity index (χ2v) is 9.34. The Labute approximate surface area is 212 Å². The molecule has 2 heterocycles. The second-order valence-electron chi connectivity index (χ2n) is 8.90. The number of ether oxygens (including phenoxy) is 1. The maximum Gasteiger partial charge on any atom is 0.128 e. The summed E-state index contributed by atoms with van der Waals surface area (Å²) >= 11 is 5.97. The molecule has 3 aromatic rings. The van der Waals surface area contributed by atoms with Crippen molar-refractivity contribution in [2.75, 3.05) is 13.2 Å². The Hall–Kier alpha value is -3.33. The van der Waals surface area contributed by atoms with Crippen molar-refractivity contribution in [1.29, 1.82) is 0 Å². The number of piperidine rings is 1. The van der Waals surface area contributed by atoms with Crippen molar-refractivity contribution in [2.45, 2.75) is 45.2 Å². The summed E-state index contributed by atoms with van der Waals surface area (Å²) in [4.78, 5) is 6.97. The lowest BCUT2D eigenvalue weighted by atomic mass is 9.98. The Morgan fingerprint density at radius 2 is 1.80 bits per heavy atom. The normalized spacial score (nSPS) is 18.3. The lowest BCUT2D eigenvalue weighted by Gasteiger charge is -2.38. The number of rotatable bonds is 6. The molecule has 1 N–H and O–H groups in total. The van der Waals surface area contributed by atoms with Gasteiger partial charge in [-0.15, -0.1) is 0 Å². The van der Waals surface area contributed by atoms with Crippen molar-refractivity contribution in [3.8, 4) is 28.7 Å². The van der Waals surface area contributed by atoms with Crippen LogP contribution in [0.1, 0.15) is 49.9 Å². The molecule has 35 heavy (non-hydrogen) atoms. The zero-order chi connectivity index (χ0) is 24.6. The molecule has 2 atom stereocenters. The van der Waals surface area contributed by atoms with Gasteiger partial charge in [-0.05, 0) is 74.6 Å². The van der Waals surface area contributed by atoms with E-state index >= 15 is 0 Å². The number of likely N-dealkylation sites (tertiary alicyclic amines) is 1. The van der Waals surface area contributed by atoms with Crippen molar-refractivity contribution in [2.24, 2.45) is 5.16 Å². The highest BCUT2D eigenvalue weighted by atomic mass is 35.5. The van der Waals surface area contributed by atoms with Crippen LogP contribution in [0.5, 0.6) is 5.75 Å². The van der Waals surface area contributed by atoms with E-state index in [1.165, 1.54) is 25.5 Å². The monoisotopic (exact) mass is 487 g/mol. The van der Waals surface area contributed by atoms with Gasteiger partial charge >= 0.3 is 0 Å². The summed E-state index contributed by atoms with van der Waals surface area (Å²) in [6.07, 6.45) is 6.95. The molecule has 5 nitrogen and oxygen atoms in total. The van der Waals surface area contributed by atoms with Crippen LogP contribution in [-0.2, 0) is 0 Å². The number of hydrogen-bond donors (Lipinski definition) is 1. The molecule has 0 amide bonds. The van der Waals surface area contributed by atoms with Crippen LogP contribution in [0.25, 0.3) is 11.1 Å². The van der Waals surface area contributed by atoms with Gasteiger partial charge in [-0.25, -0.2) is 4.98 Å². The van der Waals surface area contributed by atoms with E-state index in [-0.39, 0.29) is 0 Å². The van der Waals surface area contributed by atoms with Gasteiger partial charge in [-0.3, -0.25) is 4.90 Å². The fourth-order valence-corrected chi connectivity index (χ4v) is 4.64. The first-order chi connectivity index (χ1) is 17.0. The summed E-state index contributed by atoms with van der Waals surface area (Å²) in [6.45, 7) is 6.02. The molecule has 0 aliphatic carbocycles. The minimum Gasteiger partial charge on any atom is -0.492 e. The Morgan fingerprint density at radius 1 is 1.06 bits per heavy atom. The standard InChI is InChI=1S/C29H30ClN3O2/c1-21-4-3-5-22(2)33(21)16-17-35-29-15-7-23(18-26(29)20-32-34)6-13-28-14-10-25(19-31-28)24-8-11-27(30)12-9-24/h7-12,14-15,18-22,34H,3-5,16-17H2,1-2H3/b32-20+. The molecule has 2 aromatic carbocycles. The molecule has 6 heteroatoms. The van der Waals surface area contributed by atoms with Crippen molar-refractivity contribution in [3.05, 3.63) is 82.6 Å². The first-order valence-electron chi connectivity index (χ1n) is 12.0. The molecule has 0 saturated carbocycles. The summed E-state index contributed by atoms with van der Waals surface area (Å²) in [5, 5.41) is 13.0. The van der Waals surface area contributed by atoms with Crippen LogP contribution < -0.4 is 4.74 Å². The average molecular weight is 488 g/mol. The second kappa shape index (κ2) is 11.9. The lowest BCUT2D eigenvalue weighted by molar-refractivity contribution is 0.0851. The maximum absolute atomic E-state index is 9.13. The van der Waals surface area contributed by atoms with Gasteiger partial charge in [0.1, 0.15) is 18.1 Å². The number of benzene rings is 2. The van der Waals surface area contributed by atoms with E-state index in [9.17, 15) is 0 Å². The molecule has 0 spiro atoms. The van der Waals surface area contributed by atoms with Gasteiger partial charge in [0.2, 0.25) is 0 Å². The highest BCUT2D eigenvalue weighted by Crippen LogP contribution is 2.24. The largest absolute Gasteiger partial charge is 0.492 e. The number of aromatic nitrogens is 1. The first kappa shape index (κ1) is 24.8. The van der Waals surface area contributed by atoms with Crippen molar-refractivity contribution < 1.29 is 9.94 Å². The first-order valence-corrected chi connectivity index (χ1v) is 12.4. The Morgan fingerprint density at radius 3 is 2.49 bits per heavy atom. The summed E-state index contributed by atoms with van der Waals surface area (Å²) in [5.74, 6) is 6.91. The number of hydrogen-bond acceptors (Lipinski definition) is 5. The van der Waals surface area contributed by atoms with E-state index in [1.807, 2.05) is 54.6 Å². The molecular weight excluding hydrogens is 458 g/mol. The predicted octanol–water partition coefficient (Wildman–Crippen LogP) is 6.25. The van der Waals surface area contributed by atoms with Crippen LogP contribution in [0, 0.1) is 11.8 Å². The van der Waals surface area contributed by atoms with Crippen LogP contribution in [0.15, 0.2) is 65.9 Å². The molecule has 1 saturated heterocycles. The number of nitrogens with zero attached hydrogens (tertiary/aromatic N) is 3. The van der Waals surface area contributed by atoms with Gasteiger partial charge < -0.3 is 9.94 Å². The molecule has 1 fully saturated rings. The van der Waals surface area contributed by atoms with Crippen molar-refractivity contribution in [1.82, 2.24) is 9.88 Å². The number of pyridine rings is 1. The van der Waals surface area contributed by atoms with Crippen LogP contribution in [0.3, 0.4) is 0 Å². The van der Waals surface area contributed by atoms with Gasteiger partial charge in [0, 0.05) is 46.5 Å². The van der Waals surface area contributed by atoms with Crippen molar-refractivity contribution >= 4 is 17.8 Å². The molecule has 2 unspecified atom stereocenters. The quantitative estimate of drug-likeness (QED) is 0.193. The average Bonchev–Trinajstić information content (AvgIpc) is 2.86. The highest BCUT2D eigenvalue weighted by molar-refractivity contribution is 6.30. The van der Waals surface area contributed by atoms with Crippen molar-refractivity contribution in [3.63, 3.8) is 0 Å². The van der Waals surface area contributed by atoms with E-state index in [0.717, 1.165) is 23.2 Å². The molecule has 180 valence electrons. The third-order valence-corrected chi connectivity index (χ3v) is 6.72. The fraction of sp³-hybridized carbons (Fsp3) is 0.310. The smallest absolute Gasteiger partial charge is 0.128 e. The van der Waals surface area contributed by atoms with Gasteiger partial charge in [-0.1, -0.05) is 47.3 Å². The van der Waals surface area contributed by atoms with Crippen LogP contribution >= 0.6 is 11.6 Å². The zero-order valence-electron chi connectivity index (χ0n) is 20.1. The molecule has 1 aliphatic heterocycles. The molecule has 0 bridgehead atoms. The molecule has 1 aromatic heterocycles. The Bertz CT molecular complexity index is 1200. The van der Waals surface area contributed by atoms with Gasteiger partial charge in [0.25, 0.3) is 0 Å². The van der Waals surface area contributed by atoms with Gasteiger partial charge in [0.15, 0.2) is 0 Å². The molecule has 4 rings (SSSR count). The summed E-state index contributed by atoms with van der Waals surface area (Å²) in [5.41, 5.74) is 4.20. The van der Waals surface area contributed by atoms with Gasteiger partial charge in [0.05, 0.1) is 6.21 Å². The maximum atomic E-state index is 9.13. The summed E-state index contributed by atoms with van der Waals surface area (Å²) < 4.78 is 6.06. The van der Waals surface area contributed by atoms with Crippen LogP contribution in [0.2, 0.25) is 5.02 Å². The number of oxime groups is 1. The molecular formula is C29H30ClN3O2. The minimum absolute atomic E-state index is 0.576. The van der Waals surface area contributed by atoms with Crippen LogP contribution in [0.4, 0.5) is 0 Å². The topological polar surface area (TPSA) is 58.0 Å². The van der Waals surface area contributed by atoms with Crippen LogP contribution in [-0.4, -0.2) is 46.5 Å². The van der Waals surface area contributed by atoms with E-state index in [2.05, 4.69) is 40.7 Å². The molecule has 0 radical (unpaired) electrons.